The van der Waals surface area contributed by atoms with Gasteiger partial charge < -0.3 is 9.47 Å². The first-order valence-corrected chi connectivity index (χ1v) is 10.7. The highest BCUT2D eigenvalue weighted by molar-refractivity contribution is 6.12. The second kappa shape index (κ2) is 7.78. The van der Waals surface area contributed by atoms with Crippen LogP contribution >= 0.6 is 0 Å². The molecule has 3 rings (SSSR count). The Labute approximate surface area is 178 Å². The monoisotopic (exact) mass is 416 g/mol. The van der Waals surface area contributed by atoms with Crippen molar-refractivity contribution >= 4 is 23.5 Å². The normalized spacial score (nSPS) is 35.9. The fourth-order valence-corrected chi connectivity index (χ4v) is 5.87. The molecule has 1 saturated carbocycles. The lowest BCUT2D eigenvalue weighted by Crippen LogP contribution is -2.52. The molecule has 6 heteroatoms. The highest BCUT2D eigenvalue weighted by atomic mass is 16.5. The third-order valence-electron chi connectivity index (χ3n) is 7.35. The minimum absolute atomic E-state index is 0.110. The van der Waals surface area contributed by atoms with Gasteiger partial charge in [0.05, 0.1) is 0 Å². The summed E-state index contributed by atoms with van der Waals surface area (Å²) >= 11 is 0. The van der Waals surface area contributed by atoms with E-state index in [2.05, 4.69) is 20.4 Å². The summed E-state index contributed by atoms with van der Waals surface area (Å²) in [6.45, 7) is 12.7. The predicted octanol–water partition coefficient (Wildman–Crippen LogP) is 3.73. The van der Waals surface area contributed by atoms with Crippen LogP contribution in [-0.4, -0.2) is 35.7 Å². The molecule has 0 unspecified atom stereocenters. The second-order valence-electron chi connectivity index (χ2n) is 9.93. The van der Waals surface area contributed by atoms with Crippen LogP contribution in [0.1, 0.15) is 66.7 Å². The summed E-state index contributed by atoms with van der Waals surface area (Å²) in [5.74, 6) is -1.89. The summed E-state index contributed by atoms with van der Waals surface area (Å²) in [6, 6.07) is 0. The maximum atomic E-state index is 13.8. The van der Waals surface area contributed by atoms with Crippen molar-refractivity contribution in [2.45, 2.75) is 78.9 Å². The van der Waals surface area contributed by atoms with Gasteiger partial charge in [-0.3, -0.25) is 19.2 Å². The van der Waals surface area contributed by atoms with E-state index in [1.165, 1.54) is 13.8 Å². The molecule has 0 aromatic rings. The standard InChI is InChI=1S/C24H32O6/c1-13-16-10-17(21(13)27)18(29-14(2)25)12-20-23(4,5)8-7-9-24(20,6)22(28)19(11-16)30-15(3)26/h10,16,18-20H,1,7-9,11-12H2,2-6H3/t16-,18-,19+,20+,24+/m0/s1. The fraction of sp³-hybridized carbons (Fsp3) is 0.667. The van der Waals surface area contributed by atoms with Crippen LogP contribution in [0.25, 0.3) is 0 Å². The maximum Gasteiger partial charge on any atom is 0.303 e. The predicted molar refractivity (Wildman–Crippen MR) is 110 cm³/mol. The topological polar surface area (TPSA) is 86.7 Å². The Morgan fingerprint density at radius 1 is 1.00 bits per heavy atom. The second-order valence-corrected chi connectivity index (χ2v) is 9.93. The average molecular weight is 417 g/mol. The zero-order valence-electron chi connectivity index (χ0n) is 18.6. The number of allylic oxidation sites excluding steroid dienone is 2. The molecule has 0 amide bonds. The van der Waals surface area contributed by atoms with Crippen molar-refractivity contribution in [2.75, 3.05) is 0 Å². The molecule has 0 radical (unpaired) electrons. The first kappa shape index (κ1) is 22.4. The van der Waals surface area contributed by atoms with E-state index in [0.717, 1.165) is 12.8 Å². The van der Waals surface area contributed by atoms with Crippen molar-refractivity contribution in [3.63, 3.8) is 0 Å². The van der Waals surface area contributed by atoms with Gasteiger partial charge in [-0.2, -0.15) is 0 Å². The smallest absolute Gasteiger partial charge is 0.303 e. The van der Waals surface area contributed by atoms with Gasteiger partial charge in [0, 0.05) is 37.2 Å². The molecule has 30 heavy (non-hydrogen) atoms. The first-order valence-electron chi connectivity index (χ1n) is 10.7. The lowest BCUT2D eigenvalue weighted by atomic mass is 9.52. The Balaban J connectivity index is 2.15. The maximum absolute atomic E-state index is 13.8. The van der Waals surface area contributed by atoms with E-state index in [1.807, 2.05) is 6.92 Å². The quantitative estimate of drug-likeness (QED) is 0.504. The molecule has 3 aliphatic rings. The molecule has 1 fully saturated rings. The minimum Gasteiger partial charge on any atom is -0.458 e. The Morgan fingerprint density at radius 2 is 1.60 bits per heavy atom. The Morgan fingerprint density at radius 3 is 2.20 bits per heavy atom. The van der Waals surface area contributed by atoms with Crippen LogP contribution in [0.4, 0.5) is 0 Å². The third kappa shape index (κ3) is 3.88. The van der Waals surface area contributed by atoms with Gasteiger partial charge >= 0.3 is 11.9 Å². The van der Waals surface area contributed by atoms with E-state index < -0.39 is 35.5 Å². The molecule has 2 bridgehead atoms. The number of esters is 2. The number of carbonyl (C=O) groups excluding carboxylic acids is 4. The highest BCUT2D eigenvalue weighted by Gasteiger charge is 2.55. The van der Waals surface area contributed by atoms with Gasteiger partial charge in [0.2, 0.25) is 0 Å². The number of fused-ring (bicyclic) bond motifs is 2. The molecular formula is C24H32O6. The van der Waals surface area contributed by atoms with Crippen LogP contribution in [0.15, 0.2) is 23.8 Å². The Kier molecular flexibility index (Phi) is 5.82. The summed E-state index contributed by atoms with van der Waals surface area (Å²) in [6.07, 6.45) is 3.14. The van der Waals surface area contributed by atoms with E-state index in [9.17, 15) is 19.2 Å². The molecule has 6 nitrogen and oxygen atoms in total. The van der Waals surface area contributed by atoms with Crippen LogP contribution in [0.5, 0.6) is 0 Å². The van der Waals surface area contributed by atoms with Crippen molar-refractivity contribution in [2.24, 2.45) is 22.7 Å². The van der Waals surface area contributed by atoms with E-state index in [1.54, 1.807) is 6.08 Å². The van der Waals surface area contributed by atoms with Gasteiger partial charge in [-0.05, 0) is 36.2 Å². The third-order valence-corrected chi connectivity index (χ3v) is 7.35. The molecule has 0 spiro atoms. The van der Waals surface area contributed by atoms with Gasteiger partial charge in [0.15, 0.2) is 17.7 Å². The number of carbonyl (C=O) groups is 4. The van der Waals surface area contributed by atoms with E-state index in [-0.39, 0.29) is 29.3 Å². The number of ether oxygens (including phenoxy) is 2. The highest BCUT2D eigenvalue weighted by Crippen LogP contribution is 2.55. The number of Topliss-reactive ketones (excluding diaryl/α,β-unsaturated/α-hetero) is 2. The van der Waals surface area contributed by atoms with E-state index in [4.69, 9.17) is 9.47 Å². The fourth-order valence-electron chi connectivity index (χ4n) is 5.87. The molecule has 164 valence electrons. The summed E-state index contributed by atoms with van der Waals surface area (Å²) in [5, 5.41) is 0. The summed E-state index contributed by atoms with van der Waals surface area (Å²) in [5.41, 5.74) is -0.178. The van der Waals surface area contributed by atoms with E-state index >= 15 is 0 Å². The van der Waals surface area contributed by atoms with Crippen molar-refractivity contribution in [1.82, 2.24) is 0 Å². The minimum atomic E-state index is -0.931. The van der Waals surface area contributed by atoms with Gasteiger partial charge in [-0.1, -0.05) is 39.8 Å². The van der Waals surface area contributed by atoms with Crippen molar-refractivity contribution in [3.8, 4) is 0 Å². The number of rotatable bonds is 2. The largest absolute Gasteiger partial charge is 0.458 e. The molecule has 0 heterocycles. The van der Waals surface area contributed by atoms with Gasteiger partial charge in [0.25, 0.3) is 0 Å². The van der Waals surface area contributed by atoms with Gasteiger partial charge in [-0.15, -0.1) is 0 Å². The van der Waals surface area contributed by atoms with Crippen LogP contribution in [0.3, 0.4) is 0 Å². The Bertz CT molecular complexity index is 835. The van der Waals surface area contributed by atoms with Crippen molar-refractivity contribution in [3.05, 3.63) is 23.8 Å². The van der Waals surface area contributed by atoms with Crippen LogP contribution in [0, 0.1) is 22.7 Å². The molecule has 0 aliphatic heterocycles. The summed E-state index contributed by atoms with van der Waals surface area (Å²) in [7, 11) is 0. The lowest BCUT2D eigenvalue weighted by molar-refractivity contribution is -0.164. The molecule has 5 atom stereocenters. The molecule has 0 aromatic carbocycles. The van der Waals surface area contributed by atoms with Crippen LogP contribution in [0.2, 0.25) is 0 Å². The van der Waals surface area contributed by atoms with E-state index in [0.29, 0.717) is 24.0 Å². The van der Waals surface area contributed by atoms with Crippen molar-refractivity contribution < 1.29 is 28.7 Å². The van der Waals surface area contributed by atoms with Gasteiger partial charge in [0.1, 0.15) is 6.10 Å². The lowest BCUT2D eigenvalue weighted by Gasteiger charge is -2.51. The zero-order valence-corrected chi connectivity index (χ0v) is 18.6. The molecule has 3 aliphatic carbocycles. The zero-order chi connectivity index (χ0) is 22.4. The number of hydrogen-bond acceptors (Lipinski definition) is 6. The Hall–Kier alpha value is -2.24. The summed E-state index contributed by atoms with van der Waals surface area (Å²) < 4.78 is 11.1. The first-order chi connectivity index (χ1) is 13.9. The van der Waals surface area contributed by atoms with Gasteiger partial charge in [-0.25, -0.2) is 0 Å². The molecular weight excluding hydrogens is 384 g/mol. The van der Waals surface area contributed by atoms with Crippen LogP contribution in [-0.2, 0) is 28.7 Å². The number of ketones is 2. The molecule has 0 aromatic heterocycles. The molecule has 0 N–H and O–H groups in total. The van der Waals surface area contributed by atoms with Crippen LogP contribution < -0.4 is 0 Å². The van der Waals surface area contributed by atoms with Crippen molar-refractivity contribution in [1.29, 1.82) is 0 Å². The molecule has 0 saturated heterocycles. The SMILES string of the molecule is C=C1C(=O)C2=C[C@H]1C[C@@H](OC(C)=O)C(=O)[C@]1(C)CCCC(C)(C)[C@H]1C[C@@H]2OC(C)=O. The summed E-state index contributed by atoms with van der Waals surface area (Å²) in [4.78, 5) is 50.4. The number of hydrogen-bond donors (Lipinski definition) is 0. The average Bonchev–Trinajstić information content (AvgIpc) is 2.89.